The summed E-state index contributed by atoms with van der Waals surface area (Å²) in [5.41, 5.74) is 10.1. The van der Waals surface area contributed by atoms with Crippen molar-refractivity contribution in [1.29, 1.82) is 0 Å². The van der Waals surface area contributed by atoms with Gasteiger partial charge in [0.25, 0.3) is 0 Å². The van der Waals surface area contributed by atoms with E-state index in [4.69, 9.17) is 0 Å². The van der Waals surface area contributed by atoms with Gasteiger partial charge in [0.1, 0.15) is 0 Å². The van der Waals surface area contributed by atoms with Crippen LogP contribution in [0, 0.1) is 11.6 Å². The molecule has 4 heteroatoms. The van der Waals surface area contributed by atoms with E-state index in [1.165, 1.54) is 34.4 Å². The van der Waals surface area contributed by atoms with Crippen molar-refractivity contribution in [3.63, 3.8) is 0 Å². The SMILES string of the molecule is CC1=C(C)[CH]([Zr]([CH]2C=C(c3ccc(F)c(F)c3)c3ccccc32)=[Si](C)C)C(C)=C1C. The van der Waals surface area contributed by atoms with Crippen molar-refractivity contribution in [2.24, 2.45) is 0 Å². The van der Waals surface area contributed by atoms with Gasteiger partial charge in [-0.25, -0.2) is 0 Å². The molecule has 2 aliphatic rings. The maximum absolute atomic E-state index is 14.0. The fraction of sp³-hybridized carbons (Fsp3) is 0.308. The first kappa shape index (κ1) is 21.8. The topological polar surface area (TPSA) is 0 Å². The van der Waals surface area contributed by atoms with Gasteiger partial charge < -0.3 is 0 Å². The summed E-state index contributed by atoms with van der Waals surface area (Å²) in [5, 5.41) is 0. The van der Waals surface area contributed by atoms with Gasteiger partial charge in [-0.1, -0.05) is 0 Å². The predicted octanol–water partition coefficient (Wildman–Crippen LogP) is 7.80. The molecule has 0 aliphatic heterocycles. The van der Waals surface area contributed by atoms with E-state index in [1.807, 2.05) is 0 Å². The van der Waals surface area contributed by atoms with Crippen LogP contribution in [0.3, 0.4) is 0 Å². The normalized spacial score (nSPS) is 18.8. The average molecular weight is 498 g/mol. The zero-order valence-electron chi connectivity index (χ0n) is 18.5. The molecule has 2 aromatic rings. The van der Waals surface area contributed by atoms with Crippen LogP contribution >= 0.6 is 0 Å². The fourth-order valence-electron chi connectivity index (χ4n) is 5.13. The third-order valence-electron chi connectivity index (χ3n) is 6.98. The van der Waals surface area contributed by atoms with Crippen molar-refractivity contribution in [1.82, 2.24) is 0 Å². The van der Waals surface area contributed by atoms with Gasteiger partial charge in [0.05, 0.1) is 0 Å². The van der Waals surface area contributed by atoms with Crippen LogP contribution in [0.2, 0.25) is 16.7 Å². The second-order valence-corrected chi connectivity index (χ2v) is 26.8. The molecule has 0 aromatic heterocycles. The standard InChI is InChI=1S/C15H9F2.C9H13.C2H6Si.Zr/c16-14-8-6-11(9-15(14)17)13-7-5-10-3-1-2-4-12(10)13;1-6-5-7(2)9(4)8(6)3;1-3-2;/h1-9H;5H,1-4H3;1-2H3;. The van der Waals surface area contributed by atoms with Crippen molar-refractivity contribution >= 4 is 11.0 Å². The second-order valence-electron chi connectivity index (χ2n) is 8.78. The molecule has 2 aliphatic carbocycles. The van der Waals surface area contributed by atoms with E-state index in [-0.39, 0.29) is 0 Å². The van der Waals surface area contributed by atoms with Crippen molar-refractivity contribution < 1.29 is 29.1 Å². The predicted molar refractivity (Wildman–Crippen MR) is 121 cm³/mol. The molecule has 0 amide bonds. The fourth-order valence-corrected chi connectivity index (χ4v) is 25.7. The molecule has 0 fully saturated rings. The van der Waals surface area contributed by atoms with Crippen LogP contribution in [0.15, 0.2) is 70.8 Å². The molecule has 4 rings (SSSR count). The first-order valence-electron chi connectivity index (χ1n) is 10.5. The Balaban J connectivity index is 1.90. The molecule has 0 radical (unpaired) electrons. The molecule has 2 aromatic carbocycles. The Morgan fingerprint density at radius 3 is 2.07 bits per heavy atom. The Hall–Kier alpha value is -1.38. The number of rotatable bonds is 3. The van der Waals surface area contributed by atoms with Crippen molar-refractivity contribution in [3.05, 3.63) is 99.2 Å². The Kier molecular flexibility index (Phi) is 6.03. The zero-order chi connectivity index (χ0) is 21.7. The molecular weight excluding hydrogens is 470 g/mol. The molecule has 30 heavy (non-hydrogen) atoms. The summed E-state index contributed by atoms with van der Waals surface area (Å²) in [5.74, 6) is -1.56. The summed E-state index contributed by atoms with van der Waals surface area (Å²) in [7, 11) is 0. The van der Waals surface area contributed by atoms with Gasteiger partial charge in [-0.05, 0) is 0 Å². The third kappa shape index (κ3) is 3.50. The van der Waals surface area contributed by atoms with Crippen molar-refractivity contribution in [2.75, 3.05) is 0 Å². The van der Waals surface area contributed by atoms with Crippen molar-refractivity contribution in [2.45, 2.75) is 48.0 Å². The van der Waals surface area contributed by atoms with Crippen molar-refractivity contribution in [3.8, 4) is 0 Å². The van der Waals surface area contributed by atoms with E-state index in [2.05, 4.69) is 71.1 Å². The van der Waals surface area contributed by atoms with E-state index in [9.17, 15) is 8.78 Å². The number of allylic oxidation sites excluding steroid dienone is 5. The quantitative estimate of drug-likeness (QED) is 0.380. The Bertz CT molecular complexity index is 1160. The van der Waals surface area contributed by atoms with Gasteiger partial charge in [0.15, 0.2) is 0 Å². The molecular formula is C26H28F2SiZr. The van der Waals surface area contributed by atoms with Crippen LogP contribution in [0.4, 0.5) is 8.78 Å². The van der Waals surface area contributed by atoms with Crippen LogP contribution in [0.25, 0.3) is 5.57 Å². The maximum atomic E-state index is 14.0. The van der Waals surface area contributed by atoms with Gasteiger partial charge in [-0.15, -0.1) is 0 Å². The number of benzene rings is 2. The number of halogens is 2. The summed E-state index contributed by atoms with van der Waals surface area (Å²) in [6.45, 7) is 14.2. The molecule has 1 unspecified atom stereocenters. The molecule has 0 spiro atoms. The first-order valence-corrected chi connectivity index (χ1v) is 19.5. The molecule has 0 saturated heterocycles. The van der Waals surface area contributed by atoms with E-state index in [1.54, 1.807) is 17.2 Å². The van der Waals surface area contributed by atoms with Crippen LogP contribution in [-0.2, 0) is 20.4 Å². The molecule has 0 bridgehead atoms. The number of fused-ring (bicyclic) bond motifs is 1. The number of hydrogen-bond acceptors (Lipinski definition) is 0. The number of hydrogen-bond donors (Lipinski definition) is 0. The summed E-state index contributed by atoms with van der Waals surface area (Å²) in [4.78, 5) is 0. The molecule has 154 valence electrons. The van der Waals surface area contributed by atoms with Gasteiger partial charge in [-0.2, -0.15) is 0 Å². The van der Waals surface area contributed by atoms with Crippen LogP contribution in [0.1, 0.15) is 48.0 Å². The summed E-state index contributed by atoms with van der Waals surface area (Å²) >= 11 is -2.03. The monoisotopic (exact) mass is 496 g/mol. The molecule has 1 atom stereocenters. The third-order valence-corrected chi connectivity index (χ3v) is 26.7. The summed E-state index contributed by atoms with van der Waals surface area (Å²) < 4.78 is 28.7. The van der Waals surface area contributed by atoms with Gasteiger partial charge in [-0.3, -0.25) is 0 Å². The first-order chi connectivity index (χ1) is 14.2. The zero-order valence-corrected chi connectivity index (χ0v) is 22.0. The second kappa shape index (κ2) is 8.28. The minimum atomic E-state index is -2.03. The summed E-state index contributed by atoms with van der Waals surface area (Å²) in [6.07, 6.45) is 2.41. The molecule has 0 N–H and O–H groups in total. The van der Waals surface area contributed by atoms with Crippen LogP contribution < -0.4 is 0 Å². The molecule has 0 nitrogen and oxygen atoms in total. The summed E-state index contributed by atoms with van der Waals surface area (Å²) in [6, 6.07) is 12.9. The Morgan fingerprint density at radius 1 is 0.833 bits per heavy atom. The Labute approximate surface area is 186 Å². The van der Waals surface area contributed by atoms with Crippen LogP contribution in [0.5, 0.6) is 0 Å². The van der Waals surface area contributed by atoms with E-state index in [0.717, 1.165) is 11.1 Å². The Morgan fingerprint density at radius 2 is 1.47 bits per heavy atom. The molecule has 0 heterocycles. The average Bonchev–Trinajstić information content (AvgIpc) is 3.18. The van der Waals surface area contributed by atoms with Gasteiger partial charge in [0.2, 0.25) is 0 Å². The molecule has 0 saturated carbocycles. The van der Waals surface area contributed by atoms with E-state index in [0.29, 0.717) is 7.25 Å². The van der Waals surface area contributed by atoms with E-state index >= 15 is 0 Å². The van der Waals surface area contributed by atoms with E-state index < -0.39 is 37.4 Å². The van der Waals surface area contributed by atoms with Gasteiger partial charge >= 0.3 is 187 Å². The van der Waals surface area contributed by atoms with Gasteiger partial charge in [0, 0.05) is 0 Å². The van der Waals surface area contributed by atoms with Crippen LogP contribution in [-0.4, -0.2) is 5.43 Å². The minimum absolute atomic E-state index is 0.462.